The molecule has 5 nitrogen and oxygen atoms in total. The van der Waals surface area contributed by atoms with E-state index in [0.29, 0.717) is 31.5 Å². The van der Waals surface area contributed by atoms with Crippen LogP contribution in [0.1, 0.15) is 50.7 Å². The number of likely N-dealkylation sites (tertiary alicyclic amines) is 1. The summed E-state index contributed by atoms with van der Waals surface area (Å²) in [6, 6.07) is 4.43. The average molecular weight is 399 g/mol. The van der Waals surface area contributed by atoms with Crippen LogP contribution in [0.25, 0.3) is 0 Å². The minimum absolute atomic E-state index is 0.0156. The summed E-state index contributed by atoms with van der Waals surface area (Å²) in [7, 11) is 0. The number of alkyl halides is 3. The van der Waals surface area contributed by atoms with Gasteiger partial charge < -0.3 is 15.5 Å². The number of hydrogen-bond acceptors (Lipinski definition) is 2. The van der Waals surface area contributed by atoms with Crippen LogP contribution in [0.3, 0.4) is 0 Å². The molecule has 0 spiro atoms. The molecule has 3 amide bonds. The molecule has 1 saturated heterocycles. The highest BCUT2D eigenvalue weighted by molar-refractivity contribution is 5.79. The normalized spacial score (nSPS) is 15.6. The van der Waals surface area contributed by atoms with Crippen molar-refractivity contribution in [2.45, 2.75) is 58.3 Å². The first kappa shape index (κ1) is 22.0. The lowest BCUT2D eigenvalue weighted by Gasteiger charge is -2.34. The first-order valence-corrected chi connectivity index (χ1v) is 9.73. The number of nitrogens with one attached hydrogen (secondary N) is 2. The van der Waals surface area contributed by atoms with E-state index >= 15 is 0 Å². The van der Waals surface area contributed by atoms with Crippen molar-refractivity contribution in [2.24, 2.45) is 5.92 Å². The zero-order valence-electron chi connectivity index (χ0n) is 16.3. The van der Waals surface area contributed by atoms with Gasteiger partial charge in [0, 0.05) is 31.6 Å². The van der Waals surface area contributed by atoms with Gasteiger partial charge in [0.15, 0.2) is 0 Å². The summed E-state index contributed by atoms with van der Waals surface area (Å²) in [6.07, 6.45) is -1.42. The molecule has 2 rings (SSSR count). The molecule has 1 aliphatic heterocycles. The number of amides is 3. The summed E-state index contributed by atoms with van der Waals surface area (Å²) in [6.45, 7) is 5.24. The standard InChI is InChI=1S/C20H28F3N3O2/c1-3-15(4-2)18(27)26-10-8-17(9-11-26)25-19(28)24-13-14-6-5-7-16(12-14)20(21,22)23/h5-7,12,15,17H,3-4,8-11,13H2,1-2H3,(H2,24,25,28). The van der Waals surface area contributed by atoms with Crippen LogP contribution in [0.4, 0.5) is 18.0 Å². The number of carbonyl (C=O) groups is 2. The summed E-state index contributed by atoms with van der Waals surface area (Å²) in [5.41, 5.74) is -0.350. The van der Waals surface area contributed by atoms with Crippen molar-refractivity contribution in [3.63, 3.8) is 0 Å². The Balaban J connectivity index is 1.77. The molecule has 1 heterocycles. The molecule has 0 bridgehead atoms. The Morgan fingerprint density at radius 2 is 1.82 bits per heavy atom. The van der Waals surface area contributed by atoms with Gasteiger partial charge >= 0.3 is 12.2 Å². The maximum atomic E-state index is 12.7. The van der Waals surface area contributed by atoms with Crippen LogP contribution in [0.2, 0.25) is 0 Å². The van der Waals surface area contributed by atoms with Gasteiger partial charge in [0.2, 0.25) is 5.91 Å². The van der Waals surface area contributed by atoms with Crippen LogP contribution in [-0.4, -0.2) is 36.0 Å². The van der Waals surface area contributed by atoms with E-state index in [-0.39, 0.29) is 24.4 Å². The summed E-state index contributed by atoms with van der Waals surface area (Å²) >= 11 is 0. The molecule has 8 heteroatoms. The zero-order valence-corrected chi connectivity index (χ0v) is 16.3. The number of carbonyl (C=O) groups excluding carboxylic acids is 2. The summed E-state index contributed by atoms with van der Waals surface area (Å²) in [5, 5.41) is 5.44. The van der Waals surface area contributed by atoms with E-state index in [1.165, 1.54) is 12.1 Å². The topological polar surface area (TPSA) is 61.4 Å². The van der Waals surface area contributed by atoms with Crippen molar-refractivity contribution in [3.8, 4) is 0 Å². The predicted molar refractivity (Wildman–Crippen MR) is 100 cm³/mol. The highest BCUT2D eigenvalue weighted by atomic mass is 19.4. The minimum Gasteiger partial charge on any atom is -0.342 e. The number of urea groups is 1. The second-order valence-corrected chi connectivity index (χ2v) is 7.14. The molecule has 1 aromatic rings. The van der Waals surface area contributed by atoms with Crippen LogP contribution in [0.5, 0.6) is 0 Å². The number of benzene rings is 1. The van der Waals surface area contributed by atoms with Gasteiger partial charge in [-0.15, -0.1) is 0 Å². The third kappa shape index (κ3) is 6.14. The number of halogens is 3. The van der Waals surface area contributed by atoms with Gasteiger partial charge in [0.05, 0.1) is 5.56 Å². The number of hydrogen-bond donors (Lipinski definition) is 2. The Hall–Kier alpha value is -2.25. The lowest BCUT2D eigenvalue weighted by atomic mass is 9.98. The molecule has 1 aromatic carbocycles. The molecule has 2 N–H and O–H groups in total. The smallest absolute Gasteiger partial charge is 0.342 e. The van der Waals surface area contributed by atoms with Crippen molar-refractivity contribution in [1.29, 1.82) is 0 Å². The molecule has 0 saturated carbocycles. The predicted octanol–water partition coefficient (Wildman–Crippen LogP) is 3.93. The molecular weight excluding hydrogens is 371 g/mol. The monoisotopic (exact) mass is 399 g/mol. The molecule has 0 aliphatic carbocycles. The molecule has 0 aromatic heterocycles. The molecule has 0 atom stereocenters. The third-order valence-electron chi connectivity index (χ3n) is 5.18. The molecule has 0 radical (unpaired) electrons. The van der Waals surface area contributed by atoms with Crippen molar-refractivity contribution in [2.75, 3.05) is 13.1 Å². The number of nitrogens with zero attached hydrogens (tertiary/aromatic N) is 1. The van der Waals surface area contributed by atoms with Crippen molar-refractivity contribution in [3.05, 3.63) is 35.4 Å². The molecular formula is C20H28F3N3O2. The fraction of sp³-hybridized carbons (Fsp3) is 0.600. The highest BCUT2D eigenvalue weighted by Gasteiger charge is 2.30. The van der Waals surface area contributed by atoms with Crippen LogP contribution in [0.15, 0.2) is 24.3 Å². The lowest BCUT2D eigenvalue weighted by Crippen LogP contribution is -2.50. The Kier molecular flexibility index (Phi) is 7.71. The van der Waals surface area contributed by atoms with Gasteiger partial charge in [-0.1, -0.05) is 26.0 Å². The summed E-state index contributed by atoms with van der Waals surface area (Å²) in [4.78, 5) is 26.3. The highest BCUT2D eigenvalue weighted by Crippen LogP contribution is 2.29. The second kappa shape index (κ2) is 9.80. The Bertz CT molecular complexity index is 667. The van der Waals surface area contributed by atoms with Crippen molar-refractivity contribution in [1.82, 2.24) is 15.5 Å². The number of piperidine rings is 1. The van der Waals surface area contributed by atoms with Crippen LogP contribution in [0, 0.1) is 5.92 Å². The van der Waals surface area contributed by atoms with E-state index < -0.39 is 17.8 Å². The zero-order chi connectivity index (χ0) is 20.7. The van der Waals surface area contributed by atoms with Gasteiger partial charge in [-0.3, -0.25) is 4.79 Å². The van der Waals surface area contributed by atoms with Crippen LogP contribution < -0.4 is 10.6 Å². The van der Waals surface area contributed by atoms with Gasteiger partial charge in [-0.2, -0.15) is 13.2 Å². The van der Waals surface area contributed by atoms with E-state index in [4.69, 9.17) is 0 Å². The fourth-order valence-electron chi connectivity index (χ4n) is 3.42. The Morgan fingerprint density at radius 3 is 2.39 bits per heavy atom. The quantitative estimate of drug-likeness (QED) is 0.761. The van der Waals surface area contributed by atoms with E-state index in [0.717, 1.165) is 25.0 Å². The minimum atomic E-state index is -4.40. The Morgan fingerprint density at radius 1 is 1.18 bits per heavy atom. The average Bonchev–Trinajstić information content (AvgIpc) is 2.67. The maximum absolute atomic E-state index is 12.7. The van der Waals surface area contributed by atoms with Crippen molar-refractivity contribution < 1.29 is 22.8 Å². The third-order valence-corrected chi connectivity index (χ3v) is 5.18. The molecule has 1 fully saturated rings. The SMILES string of the molecule is CCC(CC)C(=O)N1CCC(NC(=O)NCc2cccc(C(F)(F)F)c2)CC1. The second-order valence-electron chi connectivity index (χ2n) is 7.14. The summed E-state index contributed by atoms with van der Waals surface area (Å²) < 4.78 is 38.2. The molecule has 1 aliphatic rings. The maximum Gasteiger partial charge on any atom is 0.416 e. The van der Waals surface area contributed by atoms with E-state index in [2.05, 4.69) is 10.6 Å². The largest absolute Gasteiger partial charge is 0.416 e. The van der Waals surface area contributed by atoms with E-state index in [1.54, 1.807) is 0 Å². The van der Waals surface area contributed by atoms with Crippen molar-refractivity contribution >= 4 is 11.9 Å². The number of rotatable bonds is 6. The summed E-state index contributed by atoms with van der Waals surface area (Å²) in [5.74, 6) is 0.234. The first-order chi connectivity index (χ1) is 13.2. The van der Waals surface area contributed by atoms with Crippen LogP contribution in [-0.2, 0) is 17.5 Å². The first-order valence-electron chi connectivity index (χ1n) is 9.73. The van der Waals surface area contributed by atoms with E-state index in [9.17, 15) is 22.8 Å². The lowest BCUT2D eigenvalue weighted by molar-refractivity contribution is -0.138. The fourth-order valence-corrected chi connectivity index (χ4v) is 3.42. The molecule has 28 heavy (non-hydrogen) atoms. The van der Waals surface area contributed by atoms with Gasteiger partial charge in [0.25, 0.3) is 0 Å². The van der Waals surface area contributed by atoms with Gasteiger partial charge in [-0.05, 0) is 43.4 Å². The van der Waals surface area contributed by atoms with E-state index in [1.807, 2.05) is 18.7 Å². The Labute approximate surface area is 163 Å². The van der Waals surface area contributed by atoms with Gasteiger partial charge in [-0.25, -0.2) is 4.79 Å². The molecule has 156 valence electrons. The van der Waals surface area contributed by atoms with Crippen LogP contribution >= 0.6 is 0 Å². The molecule has 0 unspecified atom stereocenters. The van der Waals surface area contributed by atoms with Gasteiger partial charge in [0.1, 0.15) is 0 Å².